The molecular formula is C21H19FN2O5. The summed E-state index contributed by atoms with van der Waals surface area (Å²) < 4.78 is 18.5. The monoisotopic (exact) mass is 398 g/mol. The number of rotatable bonds is 7. The number of hydrogen-bond donors (Lipinski definition) is 1. The van der Waals surface area contributed by atoms with Crippen LogP contribution in [0.25, 0.3) is 0 Å². The van der Waals surface area contributed by atoms with Crippen molar-refractivity contribution in [2.75, 3.05) is 18.5 Å². The highest BCUT2D eigenvalue weighted by Gasteiger charge is 2.35. The lowest BCUT2D eigenvalue weighted by Crippen LogP contribution is -2.30. The summed E-state index contributed by atoms with van der Waals surface area (Å²) in [4.78, 5) is 50.0. The van der Waals surface area contributed by atoms with Crippen LogP contribution in [-0.4, -0.2) is 41.7 Å². The third kappa shape index (κ3) is 4.31. The molecule has 8 heteroatoms. The van der Waals surface area contributed by atoms with Gasteiger partial charge in [0.25, 0.3) is 17.7 Å². The Morgan fingerprint density at radius 2 is 1.79 bits per heavy atom. The largest absolute Gasteiger partial charge is 0.452 e. The molecule has 0 unspecified atom stereocenters. The van der Waals surface area contributed by atoms with E-state index < -0.39 is 30.2 Å². The number of hydrogen-bond acceptors (Lipinski definition) is 5. The Morgan fingerprint density at radius 3 is 2.52 bits per heavy atom. The number of carbonyl (C=O) groups is 4. The van der Waals surface area contributed by atoms with Crippen LogP contribution in [0.3, 0.4) is 0 Å². The van der Waals surface area contributed by atoms with E-state index in [-0.39, 0.29) is 28.3 Å². The van der Waals surface area contributed by atoms with Crippen LogP contribution in [0, 0.1) is 5.82 Å². The molecule has 0 bridgehead atoms. The molecule has 0 aliphatic carbocycles. The highest BCUT2D eigenvalue weighted by Crippen LogP contribution is 2.24. The van der Waals surface area contributed by atoms with Gasteiger partial charge >= 0.3 is 5.97 Å². The molecule has 29 heavy (non-hydrogen) atoms. The molecule has 2 aromatic rings. The van der Waals surface area contributed by atoms with E-state index in [4.69, 9.17) is 4.74 Å². The van der Waals surface area contributed by atoms with E-state index in [0.29, 0.717) is 13.0 Å². The van der Waals surface area contributed by atoms with Crippen molar-refractivity contribution in [1.82, 2.24) is 4.90 Å². The molecule has 3 rings (SSSR count). The number of ether oxygens (including phenoxy) is 1. The second-order valence-electron chi connectivity index (χ2n) is 6.48. The van der Waals surface area contributed by atoms with E-state index in [1.54, 1.807) is 6.07 Å². The predicted octanol–water partition coefficient (Wildman–Crippen LogP) is 3.02. The summed E-state index contributed by atoms with van der Waals surface area (Å²) in [7, 11) is 0. The molecule has 0 spiro atoms. The lowest BCUT2D eigenvalue weighted by Gasteiger charge is -2.12. The SMILES string of the molecule is CCCCN1C(=O)c2ccc(C(=O)OCC(=O)Nc3ccccc3F)cc2C1=O. The minimum atomic E-state index is -0.830. The molecule has 1 aliphatic rings. The number of nitrogens with one attached hydrogen (secondary N) is 1. The van der Waals surface area contributed by atoms with Gasteiger partial charge in [0.2, 0.25) is 0 Å². The van der Waals surface area contributed by atoms with Gasteiger partial charge in [0.15, 0.2) is 6.61 Å². The smallest absolute Gasteiger partial charge is 0.338 e. The van der Waals surface area contributed by atoms with Crippen LogP contribution in [0.1, 0.15) is 50.8 Å². The average molecular weight is 398 g/mol. The number of amides is 3. The van der Waals surface area contributed by atoms with E-state index in [9.17, 15) is 23.6 Å². The lowest BCUT2D eigenvalue weighted by molar-refractivity contribution is -0.119. The summed E-state index contributed by atoms with van der Waals surface area (Å²) in [5.74, 6) is -2.99. The van der Waals surface area contributed by atoms with Crippen LogP contribution >= 0.6 is 0 Å². The zero-order valence-corrected chi connectivity index (χ0v) is 15.7. The van der Waals surface area contributed by atoms with Gasteiger partial charge in [-0.2, -0.15) is 0 Å². The first kappa shape index (κ1) is 20.2. The molecule has 0 saturated heterocycles. The molecule has 0 aromatic heterocycles. The number of esters is 1. The van der Waals surface area contributed by atoms with Gasteiger partial charge in [-0.1, -0.05) is 25.5 Å². The predicted molar refractivity (Wildman–Crippen MR) is 102 cm³/mol. The number of unbranched alkanes of at least 4 members (excludes halogenated alkanes) is 1. The summed E-state index contributed by atoms with van der Waals surface area (Å²) in [6, 6.07) is 9.66. The van der Waals surface area contributed by atoms with Crippen molar-refractivity contribution in [1.29, 1.82) is 0 Å². The van der Waals surface area contributed by atoms with Crippen LogP contribution in [0.2, 0.25) is 0 Å². The third-order valence-electron chi connectivity index (χ3n) is 4.42. The fraction of sp³-hybridized carbons (Fsp3) is 0.238. The summed E-state index contributed by atoms with van der Waals surface area (Å²) in [5.41, 5.74) is 0.389. The Morgan fingerprint density at radius 1 is 1.07 bits per heavy atom. The van der Waals surface area contributed by atoms with Gasteiger partial charge in [0.1, 0.15) is 5.82 Å². The summed E-state index contributed by atoms with van der Waals surface area (Å²) >= 11 is 0. The standard InChI is InChI=1S/C21H19FN2O5/c1-2-3-10-24-19(26)14-9-8-13(11-15(14)20(24)27)21(28)29-12-18(25)23-17-7-5-4-6-16(17)22/h4-9,11H,2-3,10,12H2,1H3,(H,23,25). The Bertz CT molecular complexity index is 989. The molecule has 1 aliphatic heterocycles. The van der Waals surface area contributed by atoms with Gasteiger partial charge in [0.05, 0.1) is 22.4 Å². The number of imide groups is 1. The highest BCUT2D eigenvalue weighted by molar-refractivity contribution is 6.22. The normalized spacial score (nSPS) is 12.7. The molecule has 0 saturated carbocycles. The summed E-state index contributed by atoms with van der Waals surface area (Å²) in [5, 5.41) is 2.30. The van der Waals surface area contributed by atoms with E-state index >= 15 is 0 Å². The van der Waals surface area contributed by atoms with Crippen LogP contribution < -0.4 is 5.32 Å². The summed E-state index contributed by atoms with van der Waals surface area (Å²) in [6.07, 6.45) is 1.53. The van der Waals surface area contributed by atoms with Gasteiger partial charge in [0, 0.05) is 6.54 Å². The zero-order chi connectivity index (χ0) is 21.0. The molecule has 7 nitrogen and oxygen atoms in total. The highest BCUT2D eigenvalue weighted by atomic mass is 19.1. The minimum absolute atomic E-state index is 0.0256. The molecule has 1 heterocycles. The number of anilines is 1. The van der Waals surface area contributed by atoms with E-state index in [0.717, 1.165) is 11.3 Å². The Hall–Kier alpha value is -3.55. The van der Waals surface area contributed by atoms with E-state index in [1.165, 1.54) is 36.4 Å². The van der Waals surface area contributed by atoms with Gasteiger partial charge in [-0.15, -0.1) is 0 Å². The van der Waals surface area contributed by atoms with Crippen molar-refractivity contribution in [3.8, 4) is 0 Å². The van der Waals surface area contributed by atoms with Crippen molar-refractivity contribution in [2.45, 2.75) is 19.8 Å². The number of para-hydroxylation sites is 1. The van der Waals surface area contributed by atoms with Crippen LogP contribution in [0.5, 0.6) is 0 Å². The van der Waals surface area contributed by atoms with Crippen LogP contribution in [0.4, 0.5) is 10.1 Å². The second-order valence-corrected chi connectivity index (χ2v) is 6.48. The first-order chi connectivity index (χ1) is 13.9. The topological polar surface area (TPSA) is 92.8 Å². The Balaban J connectivity index is 1.64. The molecule has 0 radical (unpaired) electrons. The maximum absolute atomic E-state index is 13.5. The quantitative estimate of drug-likeness (QED) is 0.572. The molecule has 2 aromatic carbocycles. The molecule has 0 fully saturated rings. The number of nitrogens with zero attached hydrogens (tertiary/aromatic N) is 1. The van der Waals surface area contributed by atoms with Crippen molar-refractivity contribution < 1.29 is 28.3 Å². The van der Waals surface area contributed by atoms with Crippen molar-refractivity contribution in [2.24, 2.45) is 0 Å². The van der Waals surface area contributed by atoms with Gasteiger partial charge in [-0.05, 0) is 36.8 Å². The minimum Gasteiger partial charge on any atom is -0.452 e. The van der Waals surface area contributed by atoms with Gasteiger partial charge in [-0.25, -0.2) is 9.18 Å². The van der Waals surface area contributed by atoms with E-state index in [1.807, 2.05) is 6.92 Å². The Kier molecular flexibility index (Phi) is 6.01. The number of halogens is 1. The van der Waals surface area contributed by atoms with Crippen LogP contribution in [-0.2, 0) is 9.53 Å². The number of carbonyl (C=O) groups excluding carboxylic acids is 4. The number of benzene rings is 2. The molecule has 0 atom stereocenters. The first-order valence-corrected chi connectivity index (χ1v) is 9.14. The first-order valence-electron chi connectivity index (χ1n) is 9.14. The molecular weight excluding hydrogens is 379 g/mol. The average Bonchev–Trinajstić information content (AvgIpc) is 2.96. The maximum atomic E-state index is 13.5. The maximum Gasteiger partial charge on any atom is 0.338 e. The van der Waals surface area contributed by atoms with Gasteiger partial charge < -0.3 is 10.1 Å². The fourth-order valence-corrected chi connectivity index (χ4v) is 2.90. The van der Waals surface area contributed by atoms with Crippen molar-refractivity contribution in [3.63, 3.8) is 0 Å². The van der Waals surface area contributed by atoms with E-state index in [2.05, 4.69) is 5.32 Å². The fourth-order valence-electron chi connectivity index (χ4n) is 2.90. The van der Waals surface area contributed by atoms with Crippen LogP contribution in [0.15, 0.2) is 42.5 Å². The Labute approximate surface area is 166 Å². The molecule has 3 amide bonds. The van der Waals surface area contributed by atoms with Gasteiger partial charge in [-0.3, -0.25) is 19.3 Å². The molecule has 150 valence electrons. The third-order valence-corrected chi connectivity index (χ3v) is 4.42. The van der Waals surface area contributed by atoms with Crippen molar-refractivity contribution >= 4 is 29.4 Å². The number of fused-ring (bicyclic) bond motifs is 1. The lowest BCUT2D eigenvalue weighted by atomic mass is 10.1. The summed E-state index contributed by atoms with van der Waals surface area (Å²) in [6.45, 7) is 1.65. The molecule has 1 N–H and O–H groups in total. The zero-order valence-electron chi connectivity index (χ0n) is 15.7. The second kappa shape index (κ2) is 8.64. The van der Waals surface area contributed by atoms with Crippen molar-refractivity contribution in [3.05, 3.63) is 65.0 Å².